The van der Waals surface area contributed by atoms with Crippen molar-refractivity contribution in [1.29, 1.82) is 0 Å². The first-order chi connectivity index (χ1) is 6.48. The molecule has 2 nitrogen and oxygen atoms in total. The van der Waals surface area contributed by atoms with Crippen LogP contribution in [0.15, 0.2) is 18.2 Å². The molecule has 0 aliphatic carbocycles. The number of hydrogen-bond donors (Lipinski definition) is 1. The van der Waals surface area contributed by atoms with Gasteiger partial charge >= 0.3 is 0 Å². The summed E-state index contributed by atoms with van der Waals surface area (Å²) in [6, 6.07) is 4.23. The molecular weight excluding hydrogens is 183 g/mol. The summed E-state index contributed by atoms with van der Waals surface area (Å²) in [5, 5.41) is 9.77. The molecule has 2 rings (SSSR count). The van der Waals surface area contributed by atoms with E-state index in [9.17, 15) is 9.50 Å². The number of rotatable bonds is 0. The molecule has 0 amide bonds. The summed E-state index contributed by atoms with van der Waals surface area (Å²) in [5.74, 6) is 0.237. The topological polar surface area (TPSA) is 29.5 Å². The molecule has 0 saturated heterocycles. The summed E-state index contributed by atoms with van der Waals surface area (Å²) in [6.07, 6.45) is -0.145. The van der Waals surface area contributed by atoms with Gasteiger partial charge in [-0.25, -0.2) is 4.39 Å². The van der Waals surface area contributed by atoms with Crippen molar-refractivity contribution in [1.82, 2.24) is 0 Å². The fourth-order valence-electron chi connectivity index (χ4n) is 1.79. The normalized spacial score (nSPS) is 23.9. The maximum atomic E-state index is 12.9. The van der Waals surface area contributed by atoms with Gasteiger partial charge in [-0.15, -0.1) is 0 Å². The maximum Gasteiger partial charge on any atom is 0.126 e. The third-order valence-corrected chi connectivity index (χ3v) is 2.40. The second-order valence-electron chi connectivity index (χ2n) is 4.26. The van der Waals surface area contributed by atoms with E-state index in [-0.39, 0.29) is 11.4 Å². The van der Waals surface area contributed by atoms with Crippen molar-refractivity contribution < 1.29 is 14.2 Å². The van der Waals surface area contributed by atoms with Crippen LogP contribution in [0.5, 0.6) is 5.75 Å². The van der Waals surface area contributed by atoms with E-state index in [1.54, 1.807) is 6.07 Å². The minimum Gasteiger partial charge on any atom is -0.487 e. The molecule has 0 aromatic heterocycles. The lowest BCUT2D eigenvalue weighted by Gasteiger charge is -2.35. The molecule has 0 radical (unpaired) electrons. The second kappa shape index (κ2) is 2.95. The number of aliphatic hydroxyl groups is 1. The second-order valence-corrected chi connectivity index (χ2v) is 4.26. The van der Waals surface area contributed by atoms with Gasteiger partial charge in [0.25, 0.3) is 0 Å². The summed E-state index contributed by atoms with van der Waals surface area (Å²) in [5.41, 5.74) is 0.161. The first-order valence-electron chi connectivity index (χ1n) is 4.64. The van der Waals surface area contributed by atoms with Crippen LogP contribution in [0.4, 0.5) is 4.39 Å². The first kappa shape index (κ1) is 9.46. The van der Waals surface area contributed by atoms with Crippen LogP contribution in [0.1, 0.15) is 31.9 Å². The van der Waals surface area contributed by atoms with Crippen LogP contribution in [0.25, 0.3) is 0 Å². The first-order valence-corrected chi connectivity index (χ1v) is 4.64. The average Bonchev–Trinajstić information content (AvgIpc) is 2.05. The van der Waals surface area contributed by atoms with Crippen LogP contribution in [0, 0.1) is 5.82 Å². The predicted molar refractivity (Wildman–Crippen MR) is 50.7 cm³/mol. The lowest BCUT2D eigenvalue weighted by molar-refractivity contribution is 0.0112. The van der Waals surface area contributed by atoms with E-state index >= 15 is 0 Å². The highest BCUT2D eigenvalue weighted by atomic mass is 19.1. The lowest BCUT2D eigenvalue weighted by atomic mass is 9.92. The Bertz CT molecular complexity index is 360. The minimum absolute atomic E-state index is 0.342. The molecule has 0 spiro atoms. The summed E-state index contributed by atoms with van der Waals surface area (Å²) in [7, 11) is 0. The van der Waals surface area contributed by atoms with Crippen molar-refractivity contribution in [3.63, 3.8) is 0 Å². The number of hydrogen-bond acceptors (Lipinski definition) is 2. The Labute approximate surface area is 82.3 Å². The Morgan fingerprint density at radius 3 is 2.93 bits per heavy atom. The molecule has 0 bridgehead atoms. The third kappa shape index (κ3) is 1.60. The molecule has 76 valence electrons. The van der Waals surface area contributed by atoms with Gasteiger partial charge in [-0.3, -0.25) is 0 Å². The Morgan fingerprint density at radius 1 is 1.50 bits per heavy atom. The van der Waals surface area contributed by atoms with Gasteiger partial charge in [-0.2, -0.15) is 0 Å². The maximum absolute atomic E-state index is 12.9. The molecule has 1 heterocycles. The standard InChI is InChI=1S/C11H13FO2/c1-11(2)6-9(13)8-5-7(12)3-4-10(8)14-11/h3-5,9,13H,6H2,1-2H3/t9-/m0/s1. The van der Waals surface area contributed by atoms with Crippen LogP contribution in [0.2, 0.25) is 0 Å². The average molecular weight is 196 g/mol. The van der Waals surface area contributed by atoms with Crippen molar-refractivity contribution in [2.45, 2.75) is 32.0 Å². The molecule has 1 aliphatic rings. The van der Waals surface area contributed by atoms with Gasteiger partial charge in [0.15, 0.2) is 0 Å². The van der Waals surface area contributed by atoms with Gasteiger partial charge in [0.2, 0.25) is 0 Å². The zero-order valence-corrected chi connectivity index (χ0v) is 8.25. The van der Waals surface area contributed by atoms with Gasteiger partial charge in [-0.05, 0) is 32.0 Å². The molecule has 0 fully saturated rings. The SMILES string of the molecule is CC1(C)C[C@H](O)c2cc(F)ccc2O1. The Balaban J connectivity index is 2.45. The van der Waals surface area contributed by atoms with Crippen LogP contribution < -0.4 is 4.74 Å². The van der Waals surface area contributed by atoms with E-state index in [1.165, 1.54) is 12.1 Å². The van der Waals surface area contributed by atoms with Crippen molar-refractivity contribution >= 4 is 0 Å². The number of ether oxygens (including phenoxy) is 1. The highest BCUT2D eigenvalue weighted by Crippen LogP contribution is 2.39. The van der Waals surface area contributed by atoms with E-state index in [0.717, 1.165) is 0 Å². The molecule has 1 aromatic rings. The summed E-state index contributed by atoms with van der Waals surface area (Å²) in [6.45, 7) is 3.81. The van der Waals surface area contributed by atoms with Crippen molar-refractivity contribution in [3.8, 4) is 5.75 Å². The molecule has 3 heteroatoms. The highest BCUT2D eigenvalue weighted by molar-refractivity contribution is 5.38. The van der Waals surface area contributed by atoms with E-state index in [4.69, 9.17) is 4.74 Å². The smallest absolute Gasteiger partial charge is 0.126 e. The Hall–Kier alpha value is -1.09. The van der Waals surface area contributed by atoms with Crippen molar-refractivity contribution in [2.75, 3.05) is 0 Å². The van der Waals surface area contributed by atoms with Crippen LogP contribution in [0.3, 0.4) is 0 Å². The van der Waals surface area contributed by atoms with Crippen LogP contribution in [-0.4, -0.2) is 10.7 Å². The molecule has 1 aromatic carbocycles. The largest absolute Gasteiger partial charge is 0.487 e. The lowest BCUT2D eigenvalue weighted by Crippen LogP contribution is -2.34. The Kier molecular flexibility index (Phi) is 2.00. The molecule has 1 atom stereocenters. The van der Waals surface area contributed by atoms with E-state index in [1.807, 2.05) is 13.8 Å². The number of fused-ring (bicyclic) bond motifs is 1. The molecular formula is C11H13FO2. The van der Waals surface area contributed by atoms with E-state index in [0.29, 0.717) is 17.7 Å². The summed E-state index contributed by atoms with van der Waals surface area (Å²) in [4.78, 5) is 0. The number of halogens is 1. The summed E-state index contributed by atoms with van der Waals surface area (Å²) >= 11 is 0. The molecule has 14 heavy (non-hydrogen) atoms. The van der Waals surface area contributed by atoms with Gasteiger partial charge < -0.3 is 9.84 Å². The number of benzene rings is 1. The quantitative estimate of drug-likeness (QED) is 0.690. The van der Waals surface area contributed by atoms with Gasteiger partial charge in [-0.1, -0.05) is 0 Å². The fraction of sp³-hybridized carbons (Fsp3) is 0.455. The molecule has 0 unspecified atom stereocenters. The molecule has 1 N–H and O–H groups in total. The zero-order valence-electron chi connectivity index (χ0n) is 8.25. The monoisotopic (exact) mass is 196 g/mol. The molecule has 0 saturated carbocycles. The van der Waals surface area contributed by atoms with Crippen LogP contribution >= 0.6 is 0 Å². The highest BCUT2D eigenvalue weighted by Gasteiger charge is 2.32. The summed E-state index contributed by atoms with van der Waals surface area (Å²) < 4.78 is 18.5. The van der Waals surface area contributed by atoms with E-state index in [2.05, 4.69) is 0 Å². The van der Waals surface area contributed by atoms with Crippen molar-refractivity contribution in [2.24, 2.45) is 0 Å². The van der Waals surface area contributed by atoms with Gasteiger partial charge in [0.05, 0.1) is 6.10 Å². The van der Waals surface area contributed by atoms with Gasteiger partial charge in [0.1, 0.15) is 17.2 Å². The van der Waals surface area contributed by atoms with Crippen LogP contribution in [-0.2, 0) is 0 Å². The van der Waals surface area contributed by atoms with E-state index < -0.39 is 6.10 Å². The fourth-order valence-corrected chi connectivity index (χ4v) is 1.79. The predicted octanol–water partition coefficient (Wildman–Crippen LogP) is 2.42. The third-order valence-electron chi connectivity index (χ3n) is 2.40. The minimum atomic E-state index is -0.635. The Morgan fingerprint density at radius 2 is 2.21 bits per heavy atom. The zero-order chi connectivity index (χ0) is 10.3. The molecule has 1 aliphatic heterocycles. The van der Waals surface area contributed by atoms with Crippen molar-refractivity contribution in [3.05, 3.63) is 29.6 Å². The number of aliphatic hydroxyl groups excluding tert-OH is 1. The van der Waals surface area contributed by atoms with Gasteiger partial charge in [0, 0.05) is 12.0 Å².